The molecule has 0 aliphatic rings. The summed E-state index contributed by atoms with van der Waals surface area (Å²) in [6, 6.07) is 7.98. The molecule has 2 aromatic heterocycles. The Bertz CT molecular complexity index is 879. The minimum absolute atomic E-state index is 0.0146. The maximum atomic E-state index is 11.6. The third-order valence-electron chi connectivity index (χ3n) is 3.38. The van der Waals surface area contributed by atoms with Crippen LogP contribution in [0.2, 0.25) is 0 Å². The fraction of sp³-hybridized carbons (Fsp3) is 0.353. The first-order valence-electron chi connectivity index (χ1n) is 8.39. The zero-order chi connectivity index (χ0) is 19.1. The molecule has 0 spiro atoms. The Kier molecular flexibility index (Phi) is 7.25. The molecule has 0 fully saturated rings. The van der Waals surface area contributed by atoms with Crippen molar-refractivity contribution in [3.05, 3.63) is 35.7 Å². The number of carbonyl (C=O) groups excluding carboxylic acids is 1. The quantitative estimate of drug-likeness (QED) is 0.521. The van der Waals surface area contributed by atoms with E-state index in [2.05, 4.69) is 25.7 Å². The van der Waals surface area contributed by atoms with Crippen molar-refractivity contribution in [2.75, 3.05) is 12.3 Å². The molecule has 0 saturated carbocycles. The summed E-state index contributed by atoms with van der Waals surface area (Å²) >= 11 is 4.34. The number of aryl methyl sites for hydroxylation is 1. The van der Waals surface area contributed by atoms with Crippen molar-refractivity contribution in [1.29, 1.82) is 0 Å². The van der Waals surface area contributed by atoms with Gasteiger partial charge in [-0.25, -0.2) is 0 Å². The average molecular weight is 422 g/mol. The standard InChI is InChI=1S/C17H19N5O2S3/c1-3-8-18-13(23)9-25-16-20-21-17(27-16)26-10-14-19-15(22-24-14)12-6-4-11(2)5-7-12/h4-7H,3,8-10H2,1-2H3,(H,18,23). The first kappa shape index (κ1) is 19.8. The molecule has 3 rings (SSSR count). The highest BCUT2D eigenvalue weighted by atomic mass is 32.2. The highest BCUT2D eigenvalue weighted by Gasteiger charge is 2.12. The normalized spacial score (nSPS) is 10.9. The Labute approximate surface area is 169 Å². The van der Waals surface area contributed by atoms with E-state index in [0.717, 1.165) is 20.7 Å². The van der Waals surface area contributed by atoms with Crippen LogP contribution in [0.25, 0.3) is 11.4 Å². The first-order valence-corrected chi connectivity index (χ1v) is 11.2. The van der Waals surface area contributed by atoms with Gasteiger partial charge >= 0.3 is 0 Å². The van der Waals surface area contributed by atoms with Gasteiger partial charge in [-0.05, 0) is 13.3 Å². The van der Waals surface area contributed by atoms with Crippen molar-refractivity contribution in [1.82, 2.24) is 25.7 Å². The van der Waals surface area contributed by atoms with Crippen LogP contribution in [-0.2, 0) is 10.5 Å². The number of nitrogens with one attached hydrogen (secondary N) is 1. The van der Waals surface area contributed by atoms with Crippen molar-refractivity contribution in [3.8, 4) is 11.4 Å². The lowest BCUT2D eigenvalue weighted by molar-refractivity contribution is -0.118. The molecule has 0 saturated heterocycles. The predicted molar refractivity (Wildman–Crippen MR) is 108 cm³/mol. The first-order chi connectivity index (χ1) is 13.1. The fourth-order valence-corrected chi connectivity index (χ4v) is 4.70. The molecule has 0 aliphatic heterocycles. The number of amides is 1. The molecule has 2 heterocycles. The predicted octanol–water partition coefficient (Wildman–Crippen LogP) is 3.81. The molecule has 1 N–H and O–H groups in total. The van der Waals surface area contributed by atoms with Gasteiger partial charge in [-0.3, -0.25) is 4.79 Å². The van der Waals surface area contributed by atoms with Gasteiger partial charge in [0.05, 0.1) is 11.5 Å². The number of nitrogens with zero attached hydrogens (tertiary/aromatic N) is 4. The molecule has 142 valence electrons. The molecular formula is C17H19N5O2S3. The minimum Gasteiger partial charge on any atom is -0.355 e. The van der Waals surface area contributed by atoms with Crippen LogP contribution in [0, 0.1) is 6.92 Å². The Morgan fingerprint density at radius 1 is 1.19 bits per heavy atom. The van der Waals surface area contributed by atoms with Crippen LogP contribution in [-0.4, -0.2) is 38.5 Å². The molecule has 1 aromatic carbocycles. The molecule has 0 atom stereocenters. The second kappa shape index (κ2) is 9.86. The van der Waals surface area contributed by atoms with Crippen molar-refractivity contribution in [2.45, 2.75) is 34.7 Å². The second-order valence-electron chi connectivity index (χ2n) is 5.64. The smallest absolute Gasteiger partial charge is 0.237 e. The van der Waals surface area contributed by atoms with Gasteiger partial charge in [0.2, 0.25) is 17.6 Å². The number of aromatic nitrogens is 4. The van der Waals surface area contributed by atoms with E-state index in [-0.39, 0.29) is 5.91 Å². The van der Waals surface area contributed by atoms with Crippen molar-refractivity contribution < 1.29 is 9.32 Å². The van der Waals surface area contributed by atoms with E-state index >= 15 is 0 Å². The summed E-state index contributed by atoms with van der Waals surface area (Å²) in [7, 11) is 0. The summed E-state index contributed by atoms with van der Waals surface area (Å²) in [5, 5.41) is 15.1. The molecule has 7 nitrogen and oxygen atoms in total. The number of rotatable bonds is 9. The number of thioether (sulfide) groups is 2. The second-order valence-corrected chi connectivity index (χ2v) is 9.06. The topological polar surface area (TPSA) is 93.8 Å². The monoisotopic (exact) mass is 421 g/mol. The van der Waals surface area contributed by atoms with Gasteiger partial charge in [-0.2, -0.15) is 4.98 Å². The van der Waals surface area contributed by atoms with Gasteiger partial charge < -0.3 is 9.84 Å². The lowest BCUT2D eigenvalue weighted by atomic mass is 10.1. The molecule has 3 aromatic rings. The largest absolute Gasteiger partial charge is 0.355 e. The van der Waals surface area contributed by atoms with E-state index in [1.54, 1.807) is 0 Å². The lowest BCUT2D eigenvalue weighted by Crippen LogP contribution is -2.25. The Morgan fingerprint density at radius 2 is 1.93 bits per heavy atom. The molecule has 10 heteroatoms. The lowest BCUT2D eigenvalue weighted by Gasteiger charge is -2.00. The van der Waals surface area contributed by atoms with Crippen LogP contribution in [0.15, 0.2) is 37.5 Å². The molecule has 0 radical (unpaired) electrons. The highest BCUT2D eigenvalue weighted by molar-refractivity contribution is 8.03. The average Bonchev–Trinajstić information content (AvgIpc) is 3.33. The van der Waals surface area contributed by atoms with Crippen molar-refractivity contribution >= 4 is 40.8 Å². The van der Waals surface area contributed by atoms with Crippen LogP contribution in [0.3, 0.4) is 0 Å². The van der Waals surface area contributed by atoms with Crippen LogP contribution >= 0.6 is 34.9 Å². The summed E-state index contributed by atoms with van der Waals surface area (Å²) in [6.45, 7) is 4.76. The number of hydrogen-bond donors (Lipinski definition) is 1. The Hall–Kier alpha value is -1.91. The molecule has 0 unspecified atom stereocenters. The summed E-state index contributed by atoms with van der Waals surface area (Å²) in [4.78, 5) is 16.0. The van der Waals surface area contributed by atoms with Crippen molar-refractivity contribution in [2.24, 2.45) is 0 Å². The van der Waals surface area contributed by atoms with E-state index in [9.17, 15) is 4.79 Å². The van der Waals surface area contributed by atoms with Gasteiger partial charge in [0.1, 0.15) is 0 Å². The van der Waals surface area contributed by atoms with Gasteiger partial charge in [0, 0.05) is 12.1 Å². The minimum atomic E-state index is 0.0146. The molecular weight excluding hydrogens is 402 g/mol. The SMILES string of the molecule is CCCNC(=O)CSc1nnc(SCc2nc(-c3ccc(C)cc3)no2)s1. The number of hydrogen-bond acceptors (Lipinski definition) is 9. The number of carbonyl (C=O) groups is 1. The van der Waals surface area contributed by atoms with E-state index in [4.69, 9.17) is 4.52 Å². The molecule has 0 aliphatic carbocycles. The summed E-state index contributed by atoms with van der Waals surface area (Å²) in [5.74, 6) is 2.01. The summed E-state index contributed by atoms with van der Waals surface area (Å²) in [5.41, 5.74) is 2.11. The number of benzene rings is 1. The zero-order valence-electron chi connectivity index (χ0n) is 15.0. The third-order valence-corrected chi connectivity index (χ3v) is 6.56. The summed E-state index contributed by atoms with van der Waals surface area (Å²) < 4.78 is 6.89. The van der Waals surface area contributed by atoms with Gasteiger partial charge in [0.25, 0.3) is 0 Å². The van der Waals surface area contributed by atoms with Crippen LogP contribution < -0.4 is 5.32 Å². The molecule has 1 amide bonds. The molecule has 27 heavy (non-hydrogen) atoms. The third kappa shape index (κ3) is 6.05. The van der Waals surface area contributed by atoms with E-state index in [1.807, 2.05) is 38.1 Å². The zero-order valence-corrected chi connectivity index (χ0v) is 17.4. The van der Waals surface area contributed by atoms with Crippen LogP contribution in [0.4, 0.5) is 0 Å². The molecule has 0 bridgehead atoms. The van der Waals surface area contributed by atoms with Crippen molar-refractivity contribution in [3.63, 3.8) is 0 Å². The maximum Gasteiger partial charge on any atom is 0.237 e. The van der Waals surface area contributed by atoms with E-state index in [0.29, 0.717) is 29.8 Å². The highest BCUT2D eigenvalue weighted by Crippen LogP contribution is 2.30. The van der Waals surface area contributed by atoms with Gasteiger partial charge in [0.15, 0.2) is 8.68 Å². The fourth-order valence-electron chi connectivity index (χ4n) is 2.01. The Morgan fingerprint density at radius 3 is 2.67 bits per heavy atom. The summed E-state index contributed by atoms with van der Waals surface area (Å²) in [6.07, 6.45) is 0.928. The van der Waals surface area contributed by atoms with Crippen LogP contribution in [0.5, 0.6) is 0 Å². The Balaban J connectivity index is 1.49. The van der Waals surface area contributed by atoms with Gasteiger partial charge in [-0.1, -0.05) is 76.8 Å². The van der Waals surface area contributed by atoms with Crippen LogP contribution in [0.1, 0.15) is 24.8 Å². The van der Waals surface area contributed by atoms with Gasteiger partial charge in [-0.15, -0.1) is 10.2 Å². The van der Waals surface area contributed by atoms with E-state index < -0.39 is 0 Å². The maximum absolute atomic E-state index is 11.6. The van der Waals surface area contributed by atoms with E-state index in [1.165, 1.54) is 40.4 Å².